The molecule has 0 amide bonds. The third-order valence-electron chi connectivity index (χ3n) is 3.52. The summed E-state index contributed by atoms with van der Waals surface area (Å²) in [6.45, 7) is 7.09. The van der Waals surface area contributed by atoms with Crippen LogP contribution in [0, 0.1) is 5.82 Å². The summed E-state index contributed by atoms with van der Waals surface area (Å²) in [5.74, 6) is 0.513. The first-order valence-electron chi connectivity index (χ1n) is 7.12. The molecule has 19 heavy (non-hydrogen) atoms. The Morgan fingerprint density at radius 3 is 2.74 bits per heavy atom. The van der Waals surface area contributed by atoms with Gasteiger partial charge in [0.05, 0.1) is 0 Å². The van der Waals surface area contributed by atoms with Crippen LogP contribution in [-0.2, 0) is 0 Å². The smallest absolute Gasteiger partial charge is 0.123 e. The minimum atomic E-state index is -0.225. The summed E-state index contributed by atoms with van der Waals surface area (Å²) in [5, 5.41) is 3.40. The van der Waals surface area contributed by atoms with Crippen LogP contribution in [0.3, 0.4) is 0 Å². The molecule has 0 aromatic heterocycles. The van der Waals surface area contributed by atoms with Gasteiger partial charge in [0.1, 0.15) is 18.2 Å². The van der Waals surface area contributed by atoms with Crippen molar-refractivity contribution >= 4 is 0 Å². The highest BCUT2D eigenvalue weighted by Crippen LogP contribution is 2.12. The molecule has 3 nitrogen and oxygen atoms in total. The zero-order valence-corrected chi connectivity index (χ0v) is 11.6. The zero-order chi connectivity index (χ0) is 13.5. The molecule has 0 saturated carbocycles. The van der Waals surface area contributed by atoms with Gasteiger partial charge in [0.2, 0.25) is 0 Å². The van der Waals surface area contributed by atoms with Crippen LogP contribution in [0.5, 0.6) is 5.75 Å². The summed E-state index contributed by atoms with van der Waals surface area (Å²) in [4.78, 5) is 2.49. The largest absolute Gasteiger partial charge is 0.492 e. The maximum absolute atomic E-state index is 12.8. The molecule has 0 aliphatic carbocycles. The van der Waals surface area contributed by atoms with Crippen molar-refractivity contribution in [1.29, 1.82) is 0 Å². The van der Waals surface area contributed by atoms with Gasteiger partial charge in [-0.25, -0.2) is 4.39 Å². The van der Waals surface area contributed by atoms with Gasteiger partial charge in [0.15, 0.2) is 0 Å². The lowest BCUT2D eigenvalue weighted by Gasteiger charge is -2.27. The number of hydrogen-bond acceptors (Lipinski definition) is 3. The highest BCUT2D eigenvalue weighted by Gasteiger charge is 2.21. The monoisotopic (exact) mass is 266 g/mol. The second kappa shape index (κ2) is 7.46. The number of benzene rings is 1. The van der Waals surface area contributed by atoms with Crippen molar-refractivity contribution in [3.63, 3.8) is 0 Å². The molecule has 1 N–H and O–H groups in total. The molecule has 1 saturated heterocycles. The molecule has 0 spiro atoms. The molecule has 1 fully saturated rings. The van der Waals surface area contributed by atoms with Crippen LogP contribution in [0.1, 0.15) is 19.8 Å². The number of nitrogens with zero attached hydrogens (tertiary/aromatic N) is 1. The average Bonchev–Trinajstić information content (AvgIpc) is 2.94. The normalized spacial score (nSPS) is 19.0. The van der Waals surface area contributed by atoms with Crippen LogP contribution in [0.4, 0.5) is 4.39 Å². The van der Waals surface area contributed by atoms with E-state index in [-0.39, 0.29) is 5.82 Å². The Hall–Kier alpha value is -1.13. The summed E-state index contributed by atoms with van der Waals surface area (Å²) in [6.07, 6.45) is 2.38. The van der Waals surface area contributed by atoms with E-state index < -0.39 is 0 Å². The molecule has 0 bridgehead atoms. The standard InChI is InChI=1S/C15H23FN2O/c1-2-9-18(14-7-8-17-12-14)10-11-19-15-5-3-13(16)4-6-15/h3-6,14,17H,2,7-12H2,1H3. The van der Waals surface area contributed by atoms with Gasteiger partial charge in [0.25, 0.3) is 0 Å². The highest BCUT2D eigenvalue weighted by molar-refractivity contribution is 5.21. The molecule has 1 atom stereocenters. The Morgan fingerprint density at radius 2 is 2.11 bits per heavy atom. The van der Waals surface area contributed by atoms with E-state index in [2.05, 4.69) is 17.1 Å². The molecule has 1 heterocycles. The number of ether oxygens (including phenoxy) is 1. The number of hydrogen-bond donors (Lipinski definition) is 1. The first-order chi connectivity index (χ1) is 9.29. The van der Waals surface area contributed by atoms with E-state index >= 15 is 0 Å². The van der Waals surface area contributed by atoms with Crippen LogP contribution in [0.15, 0.2) is 24.3 Å². The van der Waals surface area contributed by atoms with Gasteiger partial charge in [0, 0.05) is 19.1 Å². The fraction of sp³-hybridized carbons (Fsp3) is 0.600. The fourth-order valence-corrected chi connectivity index (χ4v) is 2.53. The van der Waals surface area contributed by atoms with Crippen molar-refractivity contribution in [2.75, 3.05) is 32.8 Å². The molecular formula is C15H23FN2O. The third kappa shape index (κ3) is 4.48. The van der Waals surface area contributed by atoms with Gasteiger partial charge < -0.3 is 10.1 Å². The van der Waals surface area contributed by atoms with Gasteiger partial charge >= 0.3 is 0 Å². The van der Waals surface area contributed by atoms with Crippen molar-refractivity contribution in [2.45, 2.75) is 25.8 Å². The van der Waals surface area contributed by atoms with Gasteiger partial charge in [-0.3, -0.25) is 4.90 Å². The summed E-state index contributed by atoms with van der Waals surface area (Å²) >= 11 is 0. The quantitative estimate of drug-likeness (QED) is 0.819. The van der Waals surface area contributed by atoms with E-state index in [1.807, 2.05) is 0 Å². The third-order valence-corrected chi connectivity index (χ3v) is 3.52. The van der Waals surface area contributed by atoms with Gasteiger partial charge in [-0.1, -0.05) is 6.92 Å². The molecule has 1 aromatic carbocycles. The van der Waals surface area contributed by atoms with Crippen LogP contribution in [0.25, 0.3) is 0 Å². The van der Waals surface area contributed by atoms with E-state index in [9.17, 15) is 4.39 Å². The van der Waals surface area contributed by atoms with Crippen LogP contribution < -0.4 is 10.1 Å². The second-order valence-electron chi connectivity index (χ2n) is 4.98. The molecule has 4 heteroatoms. The Balaban J connectivity index is 1.76. The lowest BCUT2D eigenvalue weighted by molar-refractivity contribution is 0.167. The molecule has 1 aliphatic rings. The number of rotatable bonds is 7. The molecule has 1 aromatic rings. The average molecular weight is 266 g/mol. The lowest BCUT2D eigenvalue weighted by atomic mass is 10.2. The van der Waals surface area contributed by atoms with Crippen molar-refractivity contribution in [2.24, 2.45) is 0 Å². The van der Waals surface area contributed by atoms with Gasteiger partial charge in [-0.05, 0) is 50.2 Å². The summed E-state index contributed by atoms with van der Waals surface area (Å²) in [5.41, 5.74) is 0. The van der Waals surface area contributed by atoms with E-state index in [1.165, 1.54) is 18.6 Å². The number of nitrogens with one attached hydrogen (secondary N) is 1. The maximum Gasteiger partial charge on any atom is 0.123 e. The summed E-state index contributed by atoms with van der Waals surface area (Å²) in [6, 6.07) is 6.85. The minimum absolute atomic E-state index is 0.225. The van der Waals surface area contributed by atoms with Crippen LogP contribution >= 0.6 is 0 Å². The van der Waals surface area contributed by atoms with Crippen LogP contribution in [0.2, 0.25) is 0 Å². The summed E-state index contributed by atoms with van der Waals surface area (Å²) < 4.78 is 18.4. The SMILES string of the molecule is CCCN(CCOc1ccc(F)cc1)C1CCNC1. The van der Waals surface area contributed by atoms with E-state index in [1.54, 1.807) is 12.1 Å². The molecular weight excluding hydrogens is 243 g/mol. The Labute approximate surface area is 114 Å². The fourth-order valence-electron chi connectivity index (χ4n) is 2.53. The van der Waals surface area contributed by atoms with Crippen LogP contribution in [-0.4, -0.2) is 43.7 Å². The topological polar surface area (TPSA) is 24.5 Å². The second-order valence-corrected chi connectivity index (χ2v) is 4.98. The van der Waals surface area contributed by atoms with Crippen molar-refractivity contribution < 1.29 is 9.13 Å². The highest BCUT2D eigenvalue weighted by atomic mass is 19.1. The molecule has 1 unspecified atom stereocenters. The van der Waals surface area contributed by atoms with E-state index in [0.717, 1.165) is 38.3 Å². The minimum Gasteiger partial charge on any atom is -0.492 e. The Bertz CT molecular complexity index is 363. The predicted molar refractivity (Wildman–Crippen MR) is 75.0 cm³/mol. The lowest BCUT2D eigenvalue weighted by Crippen LogP contribution is -2.40. The molecule has 1 aliphatic heterocycles. The van der Waals surface area contributed by atoms with E-state index in [4.69, 9.17) is 4.74 Å². The van der Waals surface area contributed by atoms with Crippen molar-refractivity contribution in [3.8, 4) is 5.75 Å². The Kier molecular flexibility index (Phi) is 5.61. The van der Waals surface area contributed by atoms with Gasteiger partial charge in [-0.15, -0.1) is 0 Å². The maximum atomic E-state index is 12.8. The molecule has 2 rings (SSSR count). The Morgan fingerprint density at radius 1 is 1.32 bits per heavy atom. The van der Waals surface area contributed by atoms with Crippen molar-refractivity contribution in [3.05, 3.63) is 30.1 Å². The van der Waals surface area contributed by atoms with Crippen molar-refractivity contribution in [1.82, 2.24) is 10.2 Å². The number of halogens is 1. The van der Waals surface area contributed by atoms with E-state index in [0.29, 0.717) is 12.6 Å². The summed E-state index contributed by atoms with van der Waals surface area (Å²) in [7, 11) is 0. The molecule has 0 radical (unpaired) electrons. The first-order valence-corrected chi connectivity index (χ1v) is 7.12. The van der Waals surface area contributed by atoms with Gasteiger partial charge in [-0.2, -0.15) is 0 Å². The molecule has 106 valence electrons. The predicted octanol–water partition coefficient (Wildman–Crippen LogP) is 2.28. The zero-order valence-electron chi connectivity index (χ0n) is 11.6. The first kappa shape index (κ1) is 14.3.